The molecule has 0 heterocycles. The third kappa shape index (κ3) is 3.76. The zero-order valence-corrected chi connectivity index (χ0v) is 13.4. The van der Waals surface area contributed by atoms with E-state index in [0.29, 0.717) is 23.6 Å². The van der Waals surface area contributed by atoms with Gasteiger partial charge in [0.25, 0.3) is 5.91 Å². The summed E-state index contributed by atoms with van der Waals surface area (Å²) in [7, 11) is 3.06. The first-order chi connectivity index (χ1) is 10.2. The third-order valence-electron chi connectivity index (χ3n) is 3.01. The van der Waals surface area contributed by atoms with Gasteiger partial charge in [0.1, 0.15) is 0 Å². The number of para-hydroxylation sites is 1. The molecule has 0 saturated heterocycles. The zero-order valence-electron chi connectivity index (χ0n) is 11.9. The van der Waals surface area contributed by atoms with Crippen LogP contribution in [-0.2, 0) is 6.54 Å². The number of carbonyl (C=O) groups is 1. The molecule has 4 nitrogen and oxygen atoms in total. The standard InChI is InChI=1S/C16H16BrNO3/c1-20-14-5-3-4-13(15(14)21-2)16(19)18-10-11-6-8-12(17)9-7-11/h3-9H,10H2,1-2H3,(H,18,19). The Labute approximate surface area is 132 Å². The Hall–Kier alpha value is -2.01. The molecule has 0 bridgehead atoms. The predicted octanol–water partition coefficient (Wildman–Crippen LogP) is 3.40. The third-order valence-corrected chi connectivity index (χ3v) is 3.54. The van der Waals surface area contributed by atoms with Crippen LogP contribution in [0, 0.1) is 0 Å². The summed E-state index contributed by atoms with van der Waals surface area (Å²) < 4.78 is 11.5. The molecule has 21 heavy (non-hydrogen) atoms. The van der Waals surface area contributed by atoms with Gasteiger partial charge < -0.3 is 14.8 Å². The van der Waals surface area contributed by atoms with Crippen LogP contribution in [-0.4, -0.2) is 20.1 Å². The van der Waals surface area contributed by atoms with E-state index >= 15 is 0 Å². The number of nitrogens with one attached hydrogen (secondary N) is 1. The van der Waals surface area contributed by atoms with Crippen LogP contribution in [0.3, 0.4) is 0 Å². The minimum atomic E-state index is -0.200. The Balaban J connectivity index is 2.11. The van der Waals surface area contributed by atoms with Gasteiger partial charge in [0.05, 0.1) is 19.8 Å². The topological polar surface area (TPSA) is 47.6 Å². The SMILES string of the molecule is COc1cccc(C(=O)NCc2ccc(Br)cc2)c1OC. The smallest absolute Gasteiger partial charge is 0.255 e. The van der Waals surface area contributed by atoms with Gasteiger partial charge in [0.15, 0.2) is 11.5 Å². The summed E-state index contributed by atoms with van der Waals surface area (Å²) in [5.41, 5.74) is 1.47. The molecule has 2 rings (SSSR count). The van der Waals surface area contributed by atoms with E-state index in [9.17, 15) is 4.79 Å². The lowest BCUT2D eigenvalue weighted by Crippen LogP contribution is -2.23. The van der Waals surface area contributed by atoms with E-state index in [4.69, 9.17) is 9.47 Å². The van der Waals surface area contributed by atoms with E-state index in [0.717, 1.165) is 10.0 Å². The number of ether oxygens (including phenoxy) is 2. The molecule has 0 saturated carbocycles. The van der Waals surface area contributed by atoms with Crippen LogP contribution in [0.25, 0.3) is 0 Å². The summed E-state index contributed by atoms with van der Waals surface area (Å²) in [5.74, 6) is 0.774. The van der Waals surface area contributed by atoms with E-state index in [2.05, 4.69) is 21.2 Å². The maximum Gasteiger partial charge on any atom is 0.255 e. The van der Waals surface area contributed by atoms with Crippen LogP contribution in [0.4, 0.5) is 0 Å². The van der Waals surface area contributed by atoms with Crippen LogP contribution in [0.5, 0.6) is 11.5 Å². The number of methoxy groups -OCH3 is 2. The summed E-state index contributed by atoms with van der Waals surface area (Å²) in [5, 5.41) is 2.87. The molecule has 0 aromatic heterocycles. The Morgan fingerprint density at radius 3 is 2.43 bits per heavy atom. The average molecular weight is 350 g/mol. The van der Waals surface area contributed by atoms with Crippen molar-refractivity contribution in [3.63, 3.8) is 0 Å². The number of amides is 1. The Bertz CT molecular complexity index is 626. The molecule has 0 radical (unpaired) electrons. The fourth-order valence-electron chi connectivity index (χ4n) is 1.95. The van der Waals surface area contributed by atoms with E-state index in [-0.39, 0.29) is 5.91 Å². The van der Waals surface area contributed by atoms with Crippen molar-refractivity contribution in [1.29, 1.82) is 0 Å². The lowest BCUT2D eigenvalue weighted by Gasteiger charge is -2.12. The lowest BCUT2D eigenvalue weighted by molar-refractivity contribution is 0.0947. The van der Waals surface area contributed by atoms with E-state index in [1.54, 1.807) is 25.3 Å². The fraction of sp³-hybridized carbons (Fsp3) is 0.188. The molecule has 0 spiro atoms. The minimum absolute atomic E-state index is 0.200. The van der Waals surface area contributed by atoms with Crippen LogP contribution in [0.2, 0.25) is 0 Å². The summed E-state index contributed by atoms with van der Waals surface area (Å²) >= 11 is 3.38. The van der Waals surface area contributed by atoms with Crippen LogP contribution >= 0.6 is 15.9 Å². The number of benzene rings is 2. The number of hydrogen-bond donors (Lipinski definition) is 1. The van der Waals surface area contributed by atoms with Crippen molar-refractivity contribution in [1.82, 2.24) is 5.32 Å². The second kappa shape index (κ2) is 7.13. The normalized spacial score (nSPS) is 10.0. The quantitative estimate of drug-likeness (QED) is 0.899. The van der Waals surface area contributed by atoms with Crippen LogP contribution in [0.15, 0.2) is 46.9 Å². The first kappa shape index (κ1) is 15.4. The second-order valence-electron chi connectivity index (χ2n) is 4.35. The summed E-state index contributed by atoms with van der Waals surface area (Å²) in [6.07, 6.45) is 0. The molecule has 0 unspecified atom stereocenters. The highest BCUT2D eigenvalue weighted by Crippen LogP contribution is 2.30. The van der Waals surface area contributed by atoms with E-state index in [1.807, 2.05) is 24.3 Å². The Morgan fingerprint density at radius 1 is 1.10 bits per heavy atom. The molecule has 1 amide bonds. The molecule has 0 atom stereocenters. The highest BCUT2D eigenvalue weighted by Gasteiger charge is 2.15. The first-order valence-corrected chi connectivity index (χ1v) is 7.18. The van der Waals surface area contributed by atoms with Gasteiger partial charge in [-0.25, -0.2) is 0 Å². The molecule has 0 aliphatic carbocycles. The summed E-state index contributed by atoms with van der Waals surface area (Å²) in [6.45, 7) is 0.451. The molecule has 0 fully saturated rings. The molecule has 2 aromatic rings. The van der Waals surface area contributed by atoms with Gasteiger partial charge in [-0.1, -0.05) is 34.1 Å². The van der Waals surface area contributed by atoms with Crippen molar-refractivity contribution in [3.8, 4) is 11.5 Å². The predicted molar refractivity (Wildman–Crippen MR) is 84.9 cm³/mol. The zero-order chi connectivity index (χ0) is 15.2. The van der Waals surface area contributed by atoms with Crippen molar-refractivity contribution >= 4 is 21.8 Å². The summed E-state index contributed by atoms with van der Waals surface area (Å²) in [6, 6.07) is 13.0. The van der Waals surface area contributed by atoms with Gasteiger partial charge >= 0.3 is 0 Å². The number of hydrogen-bond acceptors (Lipinski definition) is 3. The minimum Gasteiger partial charge on any atom is -0.493 e. The molecule has 110 valence electrons. The van der Waals surface area contributed by atoms with Crippen molar-refractivity contribution in [2.24, 2.45) is 0 Å². The van der Waals surface area contributed by atoms with Gasteiger partial charge in [-0.3, -0.25) is 4.79 Å². The van der Waals surface area contributed by atoms with Crippen LogP contribution in [0.1, 0.15) is 15.9 Å². The first-order valence-electron chi connectivity index (χ1n) is 6.39. The maximum atomic E-state index is 12.3. The summed E-state index contributed by atoms with van der Waals surface area (Å²) in [4.78, 5) is 12.3. The van der Waals surface area contributed by atoms with Crippen molar-refractivity contribution in [2.75, 3.05) is 14.2 Å². The van der Waals surface area contributed by atoms with Gasteiger partial charge in [0.2, 0.25) is 0 Å². The Morgan fingerprint density at radius 2 is 1.81 bits per heavy atom. The fourth-order valence-corrected chi connectivity index (χ4v) is 2.21. The molecule has 2 aromatic carbocycles. The Kier molecular flexibility index (Phi) is 5.22. The van der Waals surface area contributed by atoms with Crippen molar-refractivity contribution in [3.05, 3.63) is 58.1 Å². The molecule has 1 N–H and O–H groups in total. The molecule has 5 heteroatoms. The molecule has 0 aliphatic heterocycles. The molecule has 0 aliphatic rings. The number of halogens is 1. The van der Waals surface area contributed by atoms with Crippen molar-refractivity contribution in [2.45, 2.75) is 6.54 Å². The van der Waals surface area contributed by atoms with Gasteiger partial charge in [-0.05, 0) is 29.8 Å². The highest BCUT2D eigenvalue weighted by molar-refractivity contribution is 9.10. The molecular formula is C16H16BrNO3. The lowest BCUT2D eigenvalue weighted by atomic mass is 10.1. The van der Waals surface area contributed by atoms with Gasteiger partial charge in [-0.2, -0.15) is 0 Å². The largest absolute Gasteiger partial charge is 0.493 e. The van der Waals surface area contributed by atoms with Crippen LogP contribution < -0.4 is 14.8 Å². The monoisotopic (exact) mass is 349 g/mol. The number of carbonyl (C=O) groups excluding carboxylic acids is 1. The van der Waals surface area contributed by atoms with Gasteiger partial charge in [0, 0.05) is 11.0 Å². The van der Waals surface area contributed by atoms with Crippen molar-refractivity contribution < 1.29 is 14.3 Å². The van der Waals surface area contributed by atoms with E-state index < -0.39 is 0 Å². The average Bonchev–Trinajstić information content (AvgIpc) is 2.53. The highest BCUT2D eigenvalue weighted by atomic mass is 79.9. The van der Waals surface area contributed by atoms with Gasteiger partial charge in [-0.15, -0.1) is 0 Å². The maximum absolute atomic E-state index is 12.3. The second-order valence-corrected chi connectivity index (χ2v) is 5.27. The van der Waals surface area contributed by atoms with E-state index in [1.165, 1.54) is 7.11 Å². The molecular weight excluding hydrogens is 334 g/mol. The number of rotatable bonds is 5.